The lowest BCUT2D eigenvalue weighted by molar-refractivity contribution is -0.127. The third-order valence-corrected chi connectivity index (χ3v) is 4.97. The van der Waals surface area contributed by atoms with Gasteiger partial charge >= 0.3 is 0 Å². The van der Waals surface area contributed by atoms with Crippen LogP contribution >= 0.6 is 11.6 Å². The number of hydrogen-bond acceptors (Lipinski definition) is 3. The van der Waals surface area contributed by atoms with Gasteiger partial charge < -0.3 is 5.32 Å². The van der Waals surface area contributed by atoms with Crippen LogP contribution in [0.2, 0.25) is 5.02 Å². The summed E-state index contributed by atoms with van der Waals surface area (Å²) in [6.07, 6.45) is 3.01. The van der Waals surface area contributed by atoms with Gasteiger partial charge in [-0.25, -0.2) is 0 Å². The second kappa shape index (κ2) is 6.27. The van der Waals surface area contributed by atoms with E-state index >= 15 is 0 Å². The molecule has 5 heteroatoms. The van der Waals surface area contributed by atoms with E-state index in [1.807, 2.05) is 18.5 Å². The Kier molecular flexibility index (Phi) is 4.86. The molecule has 0 spiro atoms. The quantitative estimate of drug-likeness (QED) is 0.878. The molecule has 1 fully saturated rings. The molecular formula is C15H24ClN3O. The number of Topliss-reactive ketones (excluding diaryl/α,β-unsaturated/α-hetero) is 1. The molecule has 112 valence electrons. The first-order chi connectivity index (χ1) is 9.57. The summed E-state index contributed by atoms with van der Waals surface area (Å²) in [6, 6.07) is 0. The highest BCUT2D eigenvalue weighted by molar-refractivity contribution is 6.32. The normalized spacial score (nSPS) is 22.4. The van der Waals surface area contributed by atoms with E-state index in [1.54, 1.807) is 0 Å². The van der Waals surface area contributed by atoms with Gasteiger partial charge in [0.2, 0.25) is 0 Å². The number of halogens is 1. The molecule has 0 bridgehead atoms. The first kappa shape index (κ1) is 15.5. The predicted octanol–water partition coefficient (Wildman–Crippen LogP) is 2.62. The zero-order valence-electron chi connectivity index (χ0n) is 12.6. The van der Waals surface area contributed by atoms with Crippen molar-refractivity contribution in [2.75, 3.05) is 13.1 Å². The van der Waals surface area contributed by atoms with E-state index < -0.39 is 0 Å². The molecule has 1 aliphatic heterocycles. The second-order valence-electron chi connectivity index (χ2n) is 5.54. The Bertz CT molecular complexity index is 490. The summed E-state index contributed by atoms with van der Waals surface area (Å²) < 4.78 is 1.88. The molecule has 1 atom stereocenters. The number of ketones is 1. The lowest BCUT2D eigenvalue weighted by Crippen LogP contribution is -2.34. The van der Waals surface area contributed by atoms with Crippen molar-refractivity contribution in [3.63, 3.8) is 0 Å². The first-order valence-corrected chi connectivity index (χ1v) is 7.93. The van der Waals surface area contributed by atoms with Gasteiger partial charge in [0, 0.05) is 18.5 Å². The van der Waals surface area contributed by atoms with Gasteiger partial charge in [-0.05, 0) is 32.7 Å². The smallest absolute Gasteiger partial charge is 0.146 e. The molecule has 1 aromatic rings. The van der Waals surface area contributed by atoms with Crippen LogP contribution in [0.15, 0.2) is 0 Å². The zero-order valence-corrected chi connectivity index (χ0v) is 13.4. The number of aromatic nitrogens is 2. The molecule has 1 unspecified atom stereocenters. The van der Waals surface area contributed by atoms with Crippen LogP contribution < -0.4 is 5.32 Å². The number of carbonyl (C=O) groups is 1. The average Bonchev–Trinajstić information content (AvgIpc) is 3.06. The lowest BCUT2D eigenvalue weighted by atomic mass is 9.78. The Morgan fingerprint density at radius 3 is 2.70 bits per heavy atom. The van der Waals surface area contributed by atoms with Crippen molar-refractivity contribution < 1.29 is 4.79 Å². The molecule has 0 aromatic carbocycles. The fourth-order valence-electron chi connectivity index (χ4n) is 3.01. The summed E-state index contributed by atoms with van der Waals surface area (Å²) in [5.41, 5.74) is 1.57. The van der Waals surface area contributed by atoms with Crippen LogP contribution in [-0.2, 0) is 24.2 Å². The molecule has 1 aliphatic rings. The average molecular weight is 298 g/mol. The molecule has 20 heavy (non-hydrogen) atoms. The van der Waals surface area contributed by atoms with Gasteiger partial charge in [-0.2, -0.15) is 5.10 Å². The van der Waals surface area contributed by atoms with Crippen LogP contribution in [0, 0.1) is 5.41 Å². The lowest BCUT2D eigenvalue weighted by Gasteiger charge is -2.25. The van der Waals surface area contributed by atoms with Gasteiger partial charge in [0.1, 0.15) is 5.78 Å². The maximum Gasteiger partial charge on any atom is 0.146 e. The number of nitrogens with one attached hydrogen (secondary N) is 1. The third-order valence-electron chi connectivity index (χ3n) is 4.53. The molecular weight excluding hydrogens is 274 g/mol. The molecule has 1 saturated heterocycles. The van der Waals surface area contributed by atoms with Crippen molar-refractivity contribution in [2.45, 2.75) is 53.0 Å². The minimum Gasteiger partial charge on any atom is -0.316 e. The minimum atomic E-state index is -0.210. The number of hydrogen-bond donors (Lipinski definition) is 1. The van der Waals surface area contributed by atoms with Crippen LogP contribution in [0.1, 0.15) is 45.0 Å². The largest absolute Gasteiger partial charge is 0.316 e. The summed E-state index contributed by atoms with van der Waals surface area (Å²) >= 11 is 6.40. The van der Waals surface area contributed by atoms with Gasteiger partial charge in [0.15, 0.2) is 0 Å². The van der Waals surface area contributed by atoms with Gasteiger partial charge in [0.25, 0.3) is 0 Å². The molecule has 4 nitrogen and oxygen atoms in total. The van der Waals surface area contributed by atoms with Gasteiger partial charge in [0.05, 0.1) is 22.8 Å². The van der Waals surface area contributed by atoms with Crippen LogP contribution in [0.4, 0.5) is 0 Å². The predicted molar refractivity (Wildman–Crippen MR) is 81.2 cm³/mol. The molecule has 0 radical (unpaired) electrons. The Morgan fingerprint density at radius 2 is 2.20 bits per heavy atom. The van der Waals surface area contributed by atoms with E-state index in [9.17, 15) is 4.79 Å². The Hall–Kier alpha value is -0.870. The summed E-state index contributed by atoms with van der Waals surface area (Å²) in [4.78, 5) is 12.7. The van der Waals surface area contributed by atoms with Crippen molar-refractivity contribution in [1.29, 1.82) is 0 Å². The van der Waals surface area contributed by atoms with Crippen LogP contribution in [0.3, 0.4) is 0 Å². The molecule has 1 N–H and O–H groups in total. The first-order valence-electron chi connectivity index (χ1n) is 7.56. The number of carbonyl (C=O) groups excluding carboxylic acids is 1. The zero-order chi connectivity index (χ0) is 14.8. The van der Waals surface area contributed by atoms with E-state index in [-0.39, 0.29) is 5.41 Å². The highest BCUT2D eigenvalue weighted by atomic mass is 35.5. The number of nitrogens with zero attached hydrogens (tertiary/aromatic N) is 2. The number of rotatable bonds is 6. The molecule has 2 rings (SSSR count). The van der Waals surface area contributed by atoms with E-state index in [4.69, 9.17) is 11.6 Å². The number of aryl methyl sites for hydroxylation is 2. The summed E-state index contributed by atoms with van der Waals surface area (Å²) in [7, 11) is 0. The minimum absolute atomic E-state index is 0.210. The monoisotopic (exact) mass is 297 g/mol. The molecule has 0 aliphatic carbocycles. The SMILES string of the molecule is CCc1nn(CC)c(CC(=O)C2(CC)CCNC2)c1Cl. The van der Waals surface area contributed by atoms with Crippen LogP contribution in [-0.4, -0.2) is 28.7 Å². The van der Waals surface area contributed by atoms with Crippen molar-refractivity contribution in [3.8, 4) is 0 Å². The standard InChI is InChI=1S/C15H24ClN3O/c1-4-11-14(16)12(19(6-3)18-11)9-13(20)15(5-2)7-8-17-10-15/h17H,4-10H2,1-3H3. The second-order valence-corrected chi connectivity index (χ2v) is 5.92. The van der Waals surface area contributed by atoms with Crippen LogP contribution in [0.5, 0.6) is 0 Å². The maximum atomic E-state index is 12.7. The van der Waals surface area contributed by atoms with Gasteiger partial charge in [-0.1, -0.05) is 25.4 Å². The Balaban J connectivity index is 2.25. The van der Waals surface area contributed by atoms with E-state index in [2.05, 4.69) is 17.3 Å². The topological polar surface area (TPSA) is 46.9 Å². The highest BCUT2D eigenvalue weighted by Crippen LogP contribution is 2.33. The van der Waals surface area contributed by atoms with E-state index in [0.29, 0.717) is 17.2 Å². The van der Waals surface area contributed by atoms with Gasteiger partial charge in [-0.15, -0.1) is 0 Å². The van der Waals surface area contributed by atoms with E-state index in [0.717, 1.165) is 50.3 Å². The Morgan fingerprint density at radius 1 is 1.45 bits per heavy atom. The van der Waals surface area contributed by atoms with Crippen molar-refractivity contribution >= 4 is 17.4 Å². The summed E-state index contributed by atoms with van der Waals surface area (Å²) in [6.45, 7) is 8.64. The van der Waals surface area contributed by atoms with E-state index in [1.165, 1.54) is 0 Å². The fourth-order valence-corrected chi connectivity index (χ4v) is 3.34. The van der Waals surface area contributed by atoms with Gasteiger partial charge in [-0.3, -0.25) is 9.48 Å². The maximum absolute atomic E-state index is 12.7. The fraction of sp³-hybridized carbons (Fsp3) is 0.733. The highest BCUT2D eigenvalue weighted by Gasteiger charge is 2.39. The molecule has 1 aromatic heterocycles. The molecule has 2 heterocycles. The molecule has 0 saturated carbocycles. The van der Waals surface area contributed by atoms with Crippen molar-refractivity contribution in [3.05, 3.63) is 16.4 Å². The van der Waals surface area contributed by atoms with Crippen molar-refractivity contribution in [1.82, 2.24) is 15.1 Å². The molecule has 0 amide bonds. The Labute approximate surface area is 125 Å². The third kappa shape index (κ3) is 2.63. The van der Waals surface area contributed by atoms with Crippen LogP contribution in [0.25, 0.3) is 0 Å². The summed E-state index contributed by atoms with van der Waals surface area (Å²) in [5, 5.41) is 8.49. The summed E-state index contributed by atoms with van der Waals surface area (Å²) in [5.74, 6) is 0.296. The van der Waals surface area contributed by atoms with Crippen molar-refractivity contribution in [2.24, 2.45) is 5.41 Å².